The van der Waals surface area contributed by atoms with Gasteiger partial charge in [0.05, 0.1) is 24.9 Å². The van der Waals surface area contributed by atoms with Crippen LogP contribution in [0.25, 0.3) is 11.0 Å². The Morgan fingerprint density at radius 2 is 1.71 bits per heavy atom. The molecule has 1 saturated heterocycles. The molecule has 1 aromatic heterocycles. The first-order valence-corrected chi connectivity index (χ1v) is 12.8. The number of nitrogens with one attached hydrogen (secondary N) is 1. The molecule has 10 nitrogen and oxygen atoms in total. The second kappa shape index (κ2) is 12.4. The molecule has 6 N–H and O–H groups in total. The standard InChI is InChI=1S/C28H37NO9/c1-28(2,16-31)29-12-13-35-19-10-7-17(8-11-19)6-9-18-15-36-20-4-3-5-21(23(18)20)37-27-26(34)25(33)24(32)22(14-30)38-27/h3-5,7-8,10-11,15,22,24-27,29-34H,6,9,12-14,16H2,1-2H3/t22-,24-,25+,26-,27-/m1/s1. The lowest BCUT2D eigenvalue weighted by atomic mass is 9.99. The van der Waals surface area contributed by atoms with Crippen LogP contribution in [0.5, 0.6) is 11.5 Å². The first-order chi connectivity index (χ1) is 18.2. The van der Waals surface area contributed by atoms with E-state index in [1.807, 2.05) is 44.2 Å². The average Bonchev–Trinajstić information content (AvgIpc) is 3.35. The zero-order valence-electron chi connectivity index (χ0n) is 21.6. The first kappa shape index (κ1) is 28.3. The number of fused-ring (bicyclic) bond motifs is 1. The molecule has 2 heterocycles. The van der Waals surface area contributed by atoms with Crippen molar-refractivity contribution in [2.75, 3.05) is 26.4 Å². The van der Waals surface area contributed by atoms with Crippen molar-refractivity contribution in [2.45, 2.75) is 62.9 Å². The molecule has 0 amide bonds. The summed E-state index contributed by atoms with van der Waals surface area (Å²) in [7, 11) is 0. The van der Waals surface area contributed by atoms with Crippen molar-refractivity contribution >= 4 is 11.0 Å². The largest absolute Gasteiger partial charge is 0.492 e. The van der Waals surface area contributed by atoms with E-state index < -0.39 is 37.3 Å². The third-order valence-electron chi connectivity index (χ3n) is 6.70. The van der Waals surface area contributed by atoms with Gasteiger partial charge in [0.15, 0.2) is 0 Å². The Bertz CT molecular complexity index is 1160. The molecule has 1 aliphatic heterocycles. The SMILES string of the molecule is CC(C)(CO)NCCOc1ccc(CCc2coc3cccc(O[C@@H]4O[C@H](CO)[C@@H](O)[C@H](O)[C@H]4O)c23)cc1. The van der Waals surface area contributed by atoms with E-state index in [0.717, 1.165) is 28.7 Å². The smallest absolute Gasteiger partial charge is 0.229 e. The molecule has 1 aliphatic rings. The minimum absolute atomic E-state index is 0.0506. The normalized spacial score (nSPS) is 24.0. The van der Waals surface area contributed by atoms with E-state index in [1.54, 1.807) is 18.4 Å². The second-order valence-electron chi connectivity index (χ2n) is 10.2. The van der Waals surface area contributed by atoms with Crippen LogP contribution < -0.4 is 14.8 Å². The Morgan fingerprint density at radius 1 is 0.947 bits per heavy atom. The van der Waals surface area contributed by atoms with Crippen molar-refractivity contribution in [3.05, 3.63) is 59.9 Å². The minimum Gasteiger partial charge on any atom is -0.492 e. The highest BCUT2D eigenvalue weighted by atomic mass is 16.7. The number of hydrogen-bond donors (Lipinski definition) is 6. The summed E-state index contributed by atoms with van der Waals surface area (Å²) in [5, 5.41) is 53.2. The summed E-state index contributed by atoms with van der Waals surface area (Å²) in [6.07, 6.45) is -3.77. The van der Waals surface area contributed by atoms with E-state index >= 15 is 0 Å². The van der Waals surface area contributed by atoms with Crippen LogP contribution >= 0.6 is 0 Å². The monoisotopic (exact) mass is 531 g/mol. The molecule has 10 heteroatoms. The lowest BCUT2D eigenvalue weighted by molar-refractivity contribution is -0.277. The van der Waals surface area contributed by atoms with E-state index in [4.69, 9.17) is 18.6 Å². The van der Waals surface area contributed by atoms with Crippen LogP contribution in [-0.2, 0) is 17.6 Å². The fourth-order valence-electron chi connectivity index (χ4n) is 4.34. The zero-order chi connectivity index (χ0) is 27.3. The Labute approximate surface area is 221 Å². The van der Waals surface area contributed by atoms with Gasteiger partial charge in [0.2, 0.25) is 6.29 Å². The van der Waals surface area contributed by atoms with E-state index in [-0.39, 0.29) is 12.1 Å². The summed E-state index contributed by atoms with van der Waals surface area (Å²) >= 11 is 0. The molecule has 3 aromatic rings. The Kier molecular flexibility index (Phi) is 9.27. The maximum atomic E-state index is 10.4. The van der Waals surface area contributed by atoms with Gasteiger partial charge in [-0.1, -0.05) is 18.2 Å². The molecule has 0 aliphatic carbocycles. The lowest BCUT2D eigenvalue weighted by Crippen LogP contribution is -2.60. The first-order valence-electron chi connectivity index (χ1n) is 12.8. The van der Waals surface area contributed by atoms with Crippen molar-refractivity contribution in [1.29, 1.82) is 0 Å². The molecule has 208 valence electrons. The summed E-state index contributed by atoms with van der Waals surface area (Å²) in [4.78, 5) is 0. The van der Waals surface area contributed by atoms with Gasteiger partial charge in [-0.3, -0.25) is 0 Å². The quantitative estimate of drug-likeness (QED) is 0.188. The number of aryl methyl sites for hydroxylation is 2. The highest BCUT2D eigenvalue weighted by Crippen LogP contribution is 2.34. The molecule has 5 atom stereocenters. The van der Waals surface area contributed by atoms with Crippen molar-refractivity contribution in [1.82, 2.24) is 5.32 Å². The number of rotatable bonds is 12. The zero-order valence-corrected chi connectivity index (χ0v) is 21.6. The molecule has 0 spiro atoms. The van der Waals surface area contributed by atoms with Crippen molar-refractivity contribution < 1.29 is 44.2 Å². The number of ether oxygens (including phenoxy) is 3. The molecule has 0 bridgehead atoms. The van der Waals surface area contributed by atoms with Crippen LogP contribution in [0.15, 0.2) is 53.1 Å². The van der Waals surface area contributed by atoms with Crippen LogP contribution in [-0.4, -0.2) is 88.1 Å². The van der Waals surface area contributed by atoms with Crippen LogP contribution in [0.3, 0.4) is 0 Å². The van der Waals surface area contributed by atoms with Crippen molar-refractivity contribution in [3.8, 4) is 11.5 Å². The number of hydrogen-bond acceptors (Lipinski definition) is 10. The minimum atomic E-state index is -1.52. The molecule has 0 radical (unpaired) electrons. The molecule has 4 rings (SSSR count). The molecule has 38 heavy (non-hydrogen) atoms. The number of aliphatic hydroxyl groups excluding tert-OH is 5. The summed E-state index contributed by atoms with van der Waals surface area (Å²) in [5.41, 5.74) is 2.27. The molecule has 2 aromatic carbocycles. The summed E-state index contributed by atoms with van der Waals surface area (Å²) in [5.74, 6) is 1.17. The van der Waals surface area contributed by atoms with Crippen molar-refractivity contribution in [2.24, 2.45) is 0 Å². The second-order valence-corrected chi connectivity index (χ2v) is 10.2. The maximum Gasteiger partial charge on any atom is 0.229 e. The highest BCUT2D eigenvalue weighted by molar-refractivity contribution is 5.87. The van der Waals surface area contributed by atoms with E-state index in [0.29, 0.717) is 30.9 Å². The number of aliphatic hydroxyl groups is 5. The van der Waals surface area contributed by atoms with Gasteiger partial charge in [-0.05, 0) is 56.5 Å². The number of furan rings is 1. The van der Waals surface area contributed by atoms with Gasteiger partial charge in [-0.25, -0.2) is 0 Å². The van der Waals surface area contributed by atoms with Crippen molar-refractivity contribution in [3.63, 3.8) is 0 Å². The van der Waals surface area contributed by atoms with Gasteiger partial charge in [0.25, 0.3) is 0 Å². The Morgan fingerprint density at radius 3 is 2.42 bits per heavy atom. The van der Waals surface area contributed by atoms with E-state index in [1.165, 1.54) is 0 Å². The van der Waals surface area contributed by atoms with E-state index in [9.17, 15) is 25.5 Å². The molecule has 1 fully saturated rings. The van der Waals surface area contributed by atoms with Gasteiger partial charge in [0.1, 0.15) is 48.1 Å². The van der Waals surface area contributed by atoms with Gasteiger partial charge in [-0.15, -0.1) is 0 Å². The molecular formula is C28H37NO9. The molecule has 0 unspecified atom stereocenters. The summed E-state index contributed by atoms with van der Waals surface area (Å²) in [6, 6.07) is 13.1. The predicted octanol–water partition coefficient (Wildman–Crippen LogP) is 1.14. The molecule has 0 saturated carbocycles. The topological polar surface area (TPSA) is 154 Å². The summed E-state index contributed by atoms with van der Waals surface area (Å²) < 4.78 is 22.9. The van der Waals surface area contributed by atoms with Gasteiger partial charge in [-0.2, -0.15) is 0 Å². The fraction of sp³-hybridized carbons (Fsp3) is 0.500. The van der Waals surface area contributed by atoms with Gasteiger partial charge < -0.3 is 49.5 Å². The van der Waals surface area contributed by atoms with Crippen LogP contribution in [0.4, 0.5) is 0 Å². The Balaban J connectivity index is 1.38. The van der Waals surface area contributed by atoms with Gasteiger partial charge >= 0.3 is 0 Å². The van der Waals surface area contributed by atoms with Gasteiger partial charge in [0, 0.05) is 17.6 Å². The van der Waals surface area contributed by atoms with Crippen LogP contribution in [0.2, 0.25) is 0 Å². The maximum absolute atomic E-state index is 10.4. The number of benzene rings is 2. The Hall–Kier alpha value is -2.70. The fourth-order valence-corrected chi connectivity index (χ4v) is 4.34. The lowest BCUT2D eigenvalue weighted by Gasteiger charge is -2.39. The highest BCUT2D eigenvalue weighted by Gasteiger charge is 2.44. The summed E-state index contributed by atoms with van der Waals surface area (Å²) in [6.45, 7) is 4.48. The third-order valence-corrected chi connectivity index (χ3v) is 6.70. The van der Waals surface area contributed by atoms with Crippen LogP contribution in [0.1, 0.15) is 25.0 Å². The van der Waals surface area contributed by atoms with Crippen LogP contribution in [0, 0.1) is 0 Å². The predicted molar refractivity (Wildman–Crippen MR) is 139 cm³/mol. The van der Waals surface area contributed by atoms with E-state index in [2.05, 4.69) is 5.32 Å². The average molecular weight is 532 g/mol. The third kappa shape index (κ3) is 6.65. The molecular weight excluding hydrogens is 494 g/mol.